The van der Waals surface area contributed by atoms with Gasteiger partial charge in [0, 0.05) is 13.2 Å². The fourth-order valence-corrected chi connectivity index (χ4v) is 2.59. The lowest BCUT2D eigenvalue weighted by atomic mass is 10.1. The molecule has 0 spiro atoms. The van der Waals surface area contributed by atoms with E-state index in [4.69, 9.17) is 26.8 Å². The Morgan fingerprint density at radius 1 is 1.43 bits per heavy atom. The first-order chi connectivity index (χ1) is 10.9. The number of carbonyl (C=O) groups excluding carboxylic acids is 2. The molecule has 0 aliphatic heterocycles. The predicted molar refractivity (Wildman–Crippen MR) is 84.7 cm³/mol. The molecule has 2 amide bonds. The number of ether oxygens (including phenoxy) is 2. The Bertz CT molecular complexity index is 750. The van der Waals surface area contributed by atoms with Crippen molar-refractivity contribution in [3.8, 4) is 5.75 Å². The number of hydrogen-bond acceptors (Lipinski definition) is 5. The molecular weight excluding hydrogens is 347 g/mol. The van der Waals surface area contributed by atoms with Crippen molar-refractivity contribution < 1.29 is 23.5 Å². The van der Waals surface area contributed by atoms with E-state index in [1.165, 1.54) is 19.2 Å². The first kappa shape index (κ1) is 17.2. The van der Waals surface area contributed by atoms with Crippen molar-refractivity contribution in [3.05, 3.63) is 44.9 Å². The van der Waals surface area contributed by atoms with Crippen LogP contribution in [0, 0.1) is 5.82 Å². The average molecular weight is 359 g/mol. The lowest BCUT2D eigenvalue weighted by molar-refractivity contribution is 0.0502. The van der Waals surface area contributed by atoms with Crippen molar-refractivity contribution in [2.24, 2.45) is 5.73 Å². The van der Waals surface area contributed by atoms with Gasteiger partial charge in [-0.1, -0.05) is 11.6 Å². The number of carbonyl (C=O) groups is 2. The van der Waals surface area contributed by atoms with Crippen LogP contribution in [0.3, 0.4) is 0 Å². The molecule has 6 nitrogen and oxygen atoms in total. The third kappa shape index (κ3) is 3.98. The number of amides is 2. The fourth-order valence-electron chi connectivity index (χ4n) is 1.74. The first-order valence-corrected chi connectivity index (χ1v) is 7.49. The van der Waals surface area contributed by atoms with Crippen LogP contribution in [0.1, 0.15) is 20.0 Å². The normalized spacial score (nSPS) is 10.4. The topological polar surface area (TPSA) is 90.7 Å². The average Bonchev–Trinajstić information content (AvgIpc) is 2.96. The Hall–Kier alpha value is -2.16. The SMILES string of the molecule is COCOc1cc(Cl)c(F)cc1C(=O)Nc1ccsc1C(N)=O. The van der Waals surface area contributed by atoms with Gasteiger partial charge in [-0.2, -0.15) is 0 Å². The molecule has 0 saturated heterocycles. The number of primary amides is 1. The summed E-state index contributed by atoms with van der Waals surface area (Å²) in [6.07, 6.45) is 0. The lowest BCUT2D eigenvalue weighted by Crippen LogP contribution is -2.17. The third-order valence-corrected chi connectivity index (χ3v) is 3.96. The molecule has 0 saturated carbocycles. The molecule has 2 aromatic rings. The van der Waals surface area contributed by atoms with Crippen LogP contribution >= 0.6 is 22.9 Å². The first-order valence-electron chi connectivity index (χ1n) is 6.23. The summed E-state index contributed by atoms with van der Waals surface area (Å²) in [5, 5.41) is 3.90. The van der Waals surface area contributed by atoms with Gasteiger partial charge in [0.05, 0.1) is 16.3 Å². The van der Waals surface area contributed by atoms with Gasteiger partial charge in [-0.3, -0.25) is 9.59 Å². The molecule has 0 bridgehead atoms. The summed E-state index contributed by atoms with van der Waals surface area (Å²) >= 11 is 6.77. The van der Waals surface area contributed by atoms with E-state index in [0.29, 0.717) is 0 Å². The van der Waals surface area contributed by atoms with Gasteiger partial charge in [-0.05, 0) is 17.5 Å². The Kier molecular flexibility index (Phi) is 5.54. The van der Waals surface area contributed by atoms with Crippen molar-refractivity contribution in [1.29, 1.82) is 0 Å². The second-order valence-corrected chi connectivity index (χ2v) is 5.62. The summed E-state index contributed by atoms with van der Waals surface area (Å²) in [5.74, 6) is -2.07. The highest BCUT2D eigenvalue weighted by Gasteiger charge is 2.19. The minimum atomic E-state index is -0.776. The van der Waals surface area contributed by atoms with E-state index in [1.54, 1.807) is 5.38 Å². The largest absolute Gasteiger partial charge is 0.467 e. The Morgan fingerprint density at radius 2 is 2.17 bits per heavy atom. The molecule has 122 valence electrons. The molecule has 1 aromatic carbocycles. The summed E-state index contributed by atoms with van der Waals surface area (Å²) in [6, 6.07) is 3.64. The minimum absolute atomic E-state index is 0.0478. The minimum Gasteiger partial charge on any atom is -0.467 e. The van der Waals surface area contributed by atoms with Gasteiger partial charge in [0.15, 0.2) is 6.79 Å². The molecule has 0 atom stereocenters. The number of methoxy groups -OCH3 is 1. The van der Waals surface area contributed by atoms with Crippen molar-refractivity contribution in [2.75, 3.05) is 19.2 Å². The van der Waals surface area contributed by atoms with E-state index < -0.39 is 17.6 Å². The zero-order chi connectivity index (χ0) is 17.0. The van der Waals surface area contributed by atoms with Crippen LogP contribution in [0.5, 0.6) is 5.75 Å². The van der Waals surface area contributed by atoms with Gasteiger partial charge in [-0.15, -0.1) is 11.3 Å². The summed E-state index contributed by atoms with van der Waals surface area (Å²) in [4.78, 5) is 23.8. The highest BCUT2D eigenvalue weighted by Crippen LogP contribution is 2.28. The molecule has 2 rings (SSSR count). The van der Waals surface area contributed by atoms with E-state index in [1.807, 2.05) is 0 Å². The van der Waals surface area contributed by atoms with E-state index in [9.17, 15) is 14.0 Å². The van der Waals surface area contributed by atoms with Gasteiger partial charge in [0.1, 0.15) is 16.4 Å². The Labute approximate surface area is 139 Å². The number of anilines is 1. The van der Waals surface area contributed by atoms with Crippen LogP contribution < -0.4 is 15.8 Å². The number of benzene rings is 1. The number of nitrogens with two attached hydrogens (primary N) is 1. The molecular formula is C14H12ClFN2O4S. The molecule has 1 aromatic heterocycles. The molecule has 0 aliphatic rings. The summed E-state index contributed by atoms with van der Waals surface area (Å²) in [5.41, 5.74) is 5.36. The molecule has 0 unspecified atom stereocenters. The molecule has 0 aliphatic carbocycles. The van der Waals surface area contributed by atoms with E-state index in [0.717, 1.165) is 17.4 Å². The van der Waals surface area contributed by atoms with Crippen LogP contribution in [0.2, 0.25) is 5.02 Å². The van der Waals surface area contributed by atoms with Gasteiger partial charge >= 0.3 is 0 Å². The van der Waals surface area contributed by atoms with Crippen molar-refractivity contribution in [3.63, 3.8) is 0 Å². The number of thiophene rings is 1. The third-order valence-electron chi connectivity index (χ3n) is 2.74. The number of rotatable bonds is 6. The number of halogens is 2. The maximum Gasteiger partial charge on any atom is 0.260 e. The van der Waals surface area contributed by atoms with Crippen molar-refractivity contribution >= 4 is 40.4 Å². The maximum atomic E-state index is 13.7. The lowest BCUT2D eigenvalue weighted by Gasteiger charge is -2.12. The molecule has 23 heavy (non-hydrogen) atoms. The quantitative estimate of drug-likeness (QED) is 0.777. The second kappa shape index (κ2) is 7.40. The molecule has 1 heterocycles. The molecule has 3 N–H and O–H groups in total. The standard InChI is InChI=1S/C14H12ClFN2O4S/c1-21-6-22-11-5-8(15)9(16)4-7(11)14(20)18-10-2-3-23-12(10)13(17)19/h2-5H,6H2,1H3,(H2,17,19)(H,18,20). The summed E-state index contributed by atoms with van der Waals surface area (Å²) in [6.45, 7) is -0.146. The fraction of sp³-hybridized carbons (Fsp3) is 0.143. The smallest absolute Gasteiger partial charge is 0.260 e. The molecule has 0 radical (unpaired) electrons. The van der Waals surface area contributed by atoms with Crippen LogP contribution in [0.25, 0.3) is 0 Å². The number of nitrogens with one attached hydrogen (secondary N) is 1. The van der Waals surface area contributed by atoms with E-state index in [-0.39, 0.29) is 33.7 Å². The van der Waals surface area contributed by atoms with Crippen LogP contribution in [0.15, 0.2) is 23.6 Å². The second-order valence-electron chi connectivity index (χ2n) is 4.30. The highest BCUT2D eigenvalue weighted by atomic mass is 35.5. The van der Waals surface area contributed by atoms with Crippen LogP contribution in [0.4, 0.5) is 10.1 Å². The Morgan fingerprint density at radius 3 is 2.83 bits per heavy atom. The van der Waals surface area contributed by atoms with Crippen LogP contribution in [-0.2, 0) is 4.74 Å². The molecule has 0 fully saturated rings. The van der Waals surface area contributed by atoms with E-state index >= 15 is 0 Å². The summed E-state index contributed by atoms with van der Waals surface area (Å²) < 4.78 is 23.6. The van der Waals surface area contributed by atoms with E-state index in [2.05, 4.69) is 5.32 Å². The number of hydrogen-bond donors (Lipinski definition) is 2. The van der Waals surface area contributed by atoms with Crippen molar-refractivity contribution in [2.45, 2.75) is 0 Å². The van der Waals surface area contributed by atoms with Crippen molar-refractivity contribution in [1.82, 2.24) is 0 Å². The zero-order valence-electron chi connectivity index (χ0n) is 11.9. The Balaban J connectivity index is 2.32. The van der Waals surface area contributed by atoms with Gasteiger partial charge in [0.25, 0.3) is 11.8 Å². The predicted octanol–water partition coefficient (Wildman–Crippen LogP) is 2.87. The van der Waals surface area contributed by atoms with Gasteiger partial charge < -0.3 is 20.5 Å². The monoisotopic (exact) mass is 358 g/mol. The summed E-state index contributed by atoms with van der Waals surface area (Å²) in [7, 11) is 1.40. The maximum absolute atomic E-state index is 13.7. The van der Waals surface area contributed by atoms with Crippen LogP contribution in [-0.4, -0.2) is 25.7 Å². The molecule has 9 heteroatoms. The highest BCUT2D eigenvalue weighted by molar-refractivity contribution is 7.12. The van der Waals surface area contributed by atoms with Gasteiger partial charge in [-0.25, -0.2) is 4.39 Å². The zero-order valence-corrected chi connectivity index (χ0v) is 13.5. The van der Waals surface area contributed by atoms with Gasteiger partial charge in [0.2, 0.25) is 0 Å².